The predicted octanol–water partition coefficient (Wildman–Crippen LogP) is 5.23. The zero-order valence-electron chi connectivity index (χ0n) is 18.5. The number of phenols is 1. The number of hydrogen-bond acceptors (Lipinski definition) is 5. The third-order valence-electron chi connectivity index (χ3n) is 4.40. The number of carbonyl (C=O) groups excluding carboxylic acids is 1. The van der Waals surface area contributed by atoms with Crippen LogP contribution in [0, 0.1) is 24.3 Å². The summed E-state index contributed by atoms with van der Waals surface area (Å²) in [4.78, 5) is 23.7. The van der Waals surface area contributed by atoms with Gasteiger partial charge in [0.25, 0.3) is 0 Å². The maximum absolute atomic E-state index is 12.0. The summed E-state index contributed by atoms with van der Waals surface area (Å²) in [6.45, 7) is 10.7. The Bertz CT molecular complexity index is 950. The first-order valence-corrected chi connectivity index (χ1v) is 10.8. The monoisotopic (exact) mass is 541 g/mol. The van der Waals surface area contributed by atoms with Crippen LogP contribution >= 0.6 is 22.6 Å². The first-order chi connectivity index (χ1) is 14.3. The second-order valence-corrected chi connectivity index (χ2v) is 9.63. The number of aliphatic carboxylic acids is 1. The van der Waals surface area contributed by atoms with E-state index in [1.807, 2.05) is 48.6 Å². The number of carboxylic acids is 1. The molecule has 0 aliphatic heterocycles. The van der Waals surface area contributed by atoms with Crippen LogP contribution in [0.2, 0.25) is 0 Å². The Balaban J connectivity index is 2.22. The summed E-state index contributed by atoms with van der Waals surface area (Å²) in [6.07, 6.45) is -0.669. The molecule has 3 N–H and O–H groups in total. The molecular weight excluding hydrogens is 513 g/mol. The molecule has 0 aromatic heterocycles. The quantitative estimate of drug-likeness (QED) is 0.433. The van der Waals surface area contributed by atoms with Crippen molar-refractivity contribution in [2.75, 3.05) is 0 Å². The van der Waals surface area contributed by atoms with E-state index in [1.165, 1.54) is 0 Å². The normalized spacial score (nSPS) is 12.2. The summed E-state index contributed by atoms with van der Waals surface area (Å²) in [6, 6.07) is 6.07. The second-order valence-electron chi connectivity index (χ2n) is 8.47. The molecule has 0 saturated carbocycles. The fourth-order valence-electron chi connectivity index (χ4n) is 3.09. The highest BCUT2D eigenvalue weighted by Crippen LogP contribution is 2.34. The lowest BCUT2D eigenvalue weighted by Gasteiger charge is -2.22. The molecule has 2 aromatic carbocycles. The van der Waals surface area contributed by atoms with Crippen molar-refractivity contribution in [3.05, 3.63) is 50.1 Å². The summed E-state index contributed by atoms with van der Waals surface area (Å²) in [7, 11) is 0. The van der Waals surface area contributed by atoms with Crippen molar-refractivity contribution >= 4 is 34.7 Å². The van der Waals surface area contributed by atoms with E-state index in [-0.39, 0.29) is 12.2 Å². The number of carbonyl (C=O) groups is 2. The van der Waals surface area contributed by atoms with Crippen molar-refractivity contribution in [1.82, 2.24) is 5.32 Å². The van der Waals surface area contributed by atoms with Crippen LogP contribution in [0.5, 0.6) is 17.2 Å². The fraction of sp³-hybridized carbons (Fsp3) is 0.391. The van der Waals surface area contributed by atoms with Crippen LogP contribution in [0.25, 0.3) is 0 Å². The molecule has 31 heavy (non-hydrogen) atoms. The van der Waals surface area contributed by atoms with Crippen molar-refractivity contribution in [3.63, 3.8) is 0 Å². The highest BCUT2D eigenvalue weighted by Gasteiger charge is 2.25. The molecule has 8 heteroatoms. The Morgan fingerprint density at radius 2 is 1.65 bits per heavy atom. The van der Waals surface area contributed by atoms with Gasteiger partial charge in [0.2, 0.25) is 0 Å². The smallest absolute Gasteiger partial charge is 0.408 e. The largest absolute Gasteiger partial charge is 0.507 e. The molecule has 0 radical (unpaired) electrons. The molecular formula is C23H28INO6. The van der Waals surface area contributed by atoms with Gasteiger partial charge in [-0.15, -0.1) is 0 Å². The van der Waals surface area contributed by atoms with Crippen molar-refractivity contribution in [1.29, 1.82) is 0 Å². The van der Waals surface area contributed by atoms with E-state index < -0.39 is 23.7 Å². The summed E-state index contributed by atoms with van der Waals surface area (Å²) in [5.74, 6) is 0.356. The SMILES string of the molecule is Cc1cc(Oc2c(C)cc(CC(NC(=O)OC(C)(C)C)C(=O)O)cc2C)cc(I)c1O. The number of aryl methyl sites for hydroxylation is 3. The van der Waals surface area contributed by atoms with Gasteiger partial charge in [-0.05, 0) is 98.5 Å². The van der Waals surface area contributed by atoms with E-state index in [1.54, 1.807) is 39.8 Å². The number of halogens is 1. The van der Waals surface area contributed by atoms with Gasteiger partial charge in [-0.25, -0.2) is 9.59 Å². The fourth-order valence-corrected chi connectivity index (χ4v) is 3.82. The minimum atomic E-state index is -1.14. The third-order valence-corrected chi connectivity index (χ3v) is 5.22. The van der Waals surface area contributed by atoms with E-state index in [0.29, 0.717) is 20.6 Å². The summed E-state index contributed by atoms with van der Waals surface area (Å²) in [5.41, 5.74) is 2.41. The van der Waals surface area contributed by atoms with Crippen LogP contribution in [-0.2, 0) is 16.0 Å². The number of alkyl carbamates (subject to hydrolysis) is 1. The lowest BCUT2D eigenvalue weighted by molar-refractivity contribution is -0.139. The van der Waals surface area contributed by atoms with Crippen molar-refractivity contribution in [2.24, 2.45) is 0 Å². The van der Waals surface area contributed by atoms with Gasteiger partial charge in [0, 0.05) is 6.42 Å². The standard InChI is InChI=1S/C23H28INO6/c1-12-9-16(11-17(24)19(12)26)30-20-13(2)7-15(8-14(20)3)10-18(21(27)28)25-22(29)31-23(4,5)6/h7-9,11,18,26H,10H2,1-6H3,(H,25,29)(H,27,28). The average molecular weight is 541 g/mol. The summed E-state index contributed by atoms with van der Waals surface area (Å²) < 4.78 is 11.9. The van der Waals surface area contributed by atoms with Crippen LogP contribution in [0.15, 0.2) is 24.3 Å². The number of phenolic OH excluding ortho intramolecular Hbond substituents is 1. The zero-order valence-corrected chi connectivity index (χ0v) is 20.7. The molecule has 7 nitrogen and oxygen atoms in total. The Morgan fingerprint density at radius 3 is 2.13 bits per heavy atom. The lowest BCUT2D eigenvalue weighted by Crippen LogP contribution is -2.44. The van der Waals surface area contributed by atoms with Crippen LogP contribution in [-0.4, -0.2) is 33.9 Å². The Morgan fingerprint density at radius 1 is 1.06 bits per heavy atom. The molecule has 168 valence electrons. The number of ether oxygens (including phenoxy) is 2. The molecule has 0 saturated heterocycles. The molecule has 0 bridgehead atoms. The van der Waals surface area contributed by atoms with Crippen LogP contribution in [0.4, 0.5) is 4.79 Å². The molecule has 1 amide bonds. The first kappa shape index (κ1) is 24.8. The van der Waals surface area contributed by atoms with E-state index in [4.69, 9.17) is 9.47 Å². The maximum atomic E-state index is 12.0. The van der Waals surface area contributed by atoms with Gasteiger partial charge in [0.15, 0.2) is 0 Å². The third kappa shape index (κ3) is 7.02. The van der Waals surface area contributed by atoms with Gasteiger partial charge >= 0.3 is 12.1 Å². The number of nitrogens with one attached hydrogen (secondary N) is 1. The molecule has 2 rings (SSSR count). The number of benzene rings is 2. The summed E-state index contributed by atoms with van der Waals surface area (Å²) >= 11 is 2.05. The number of rotatable bonds is 6. The topological polar surface area (TPSA) is 105 Å². The maximum Gasteiger partial charge on any atom is 0.408 e. The average Bonchev–Trinajstić information content (AvgIpc) is 2.60. The highest BCUT2D eigenvalue weighted by atomic mass is 127. The molecule has 0 spiro atoms. The van der Waals surface area contributed by atoms with Gasteiger partial charge in [-0.1, -0.05) is 12.1 Å². The van der Waals surface area contributed by atoms with Gasteiger partial charge < -0.3 is 25.0 Å². The second kappa shape index (κ2) is 9.76. The van der Waals surface area contributed by atoms with Gasteiger partial charge in [0.05, 0.1) is 3.57 Å². The predicted molar refractivity (Wildman–Crippen MR) is 126 cm³/mol. The molecule has 1 unspecified atom stereocenters. The van der Waals surface area contributed by atoms with Gasteiger partial charge in [0.1, 0.15) is 28.9 Å². The number of hydrogen-bond donors (Lipinski definition) is 3. The number of amides is 1. The molecule has 0 heterocycles. The minimum absolute atomic E-state index is 0.104. The van der Waals surface area contributed by atoms with Crippen LogP contribution in [0.1, 0.15) is 43.0 Å². The molecule has 0 aliphatic carbocycles. The number of aromatic hydroxyl groups is 1. The molecule has 0 fully saturated rings. The van der Waals surface area contributed by atoms with E-state index in [2.05, 4.69) is 5.32 Å². The highest BCUT2D eigenvalue weighted by molar-refractivity contribution is 14.1. The van der Waals surface area contributed by atoms with Crippen molar-refractivity contribution in [3.8, 4) is 17.2 Å². The van der Waals surface area contributed by atoms with E-state index in [0.717, 1.165) is 16.7 Å². The van der Waals surface area contributed by atoms with E-state index in [9.17, 15) is 19.8 Å². The first-order valence-electron chi connectivity index (χ1n) is 9.76. The van der Waals surface area contributed by atoms with Gasteiger partial charge in [-0.3, -0.25) is 0 Å². The van der Waals surface area contributed by atoms with Crippen molar-refractivity contribution < 1.29 is 29.3 Å². The molecule has 2 aromatic rings. The van der Waals surface area contributed by atoms with Gasteiger partial charge in [-0.2, -0.15) is 0 Å². The minimum Gasteiger partial charge on any atom is -0.507 e. The zero-order chi connectivity index (χ0) is 23.5. The Hall–Kier alpha value is -2.49. The van der Waals surface area contributed by atoms with Crippen molar-refractivity contribution in [2.45, 2.75) is 59.6 Å². The van der Waals surface area contributed by atoms with E-state index >= 15 is 0 Å². The van der Waals surface area contributed by atoms with Crippen LogP contribution < -0.4 is 10.1 Å². The Kier molecular flexibility index (Phi) is 7.80. The lowest BCUT2D eigenvalue weighted by atomic mass is 10.00. The molecule has 0 aliphatic rings. The van der Waals surface area contributed by atoms with Crippen LogP contribution in [0.3, 0.4) is 0 Å². The number of carboxylic acid groups (broad SMARTS) is 1. The Labute approximate surface area is 195 Å². The molecule has 1 atom stereocenters. The summed E-state index contributed by atoms with van der Waals surface area (Å²) in [5, 5.41) is 21.9.